The van der Waals surface area contributed by atoms with Crippen LogP contribution in [0.2, 0.25) is 0 Å². The van der Waals surface area contributed by atoms with E-state index in [-0.39, 0.29) is 23.5 Å². The van der Waals surface area contributed by atoms with Gasteiger partial charge in [0.1, 0.15) is 11.5 Å². The number of hydrogen-bond donors (Lipinski definition) is 3. The molecule has 6 nitrogen and oxygen atoms in total. The number of carbonyl (C=O) groups is 2. The molecule has 1 aromatic carbocycles. The highest BCUT2D eigenvalue weighted by Crippen LogP contribution is 2.12. The largest absolute Gasteiger partial charge is 0.477 e. The second kappa shape index (κ2) is 6.00. The van der Waals surface area contributed by atoms with Gasteiger partial charge in [0.15, 0.2) is 0 Å². The van der Waals surface area contributed by atoms with Gasteiger partial charge in [-0.05, 0) is 29.8 Å². The molecule has 0 atom stereocenters. The van der Waals surface area contributed by atoms with Crippen molar-refractivity contribution in [2.24, 2.45) is 0 Å². The number of aromatic carboxylic acids is 1. The zero-order chi connectivity index (χ0) is 15.4. The molecule has 0 bridgehead atoms. The van der Waals surface area contributed by atoms with E-state index in [9.17, 15) is 14.0 Å². The average molecular weight is 289 g/mol. The molecule has 1 amide bonds. The molecule has 2 rings (SSSR count). The zero-order valence-electron chi connectivity index (χ0n) is 10.8. The lowest BCUT2D eigenvalue weighted by Gasteiger charge is -2.07. The number of nitrogen functional groups attached to an aromatic ring is 1. The Kier molecular flexibility index (Phi) is 4.13. The Morgan fingerprint density at radius 2 is 2.05 bits per heavy atom. The molecule has 0 fully saturated rings. The molecule has 0 radical (unpaired) electrons. The summed E-state index contributed by atoms with van der Waals surface area (Å²) in [5.41, 5.74) is 6.04. The molecule has 0 spiro atoms. The van der Waals surface area contributed by atoms with Crippen molar-refractivity contribution in [3.05, 3.63) is 59.2 Å². The van der Waals surface area contributed by atoms with E-state index in [0.717, 1.165) is 6.07 Å². The quantitative estimate of drug-likeness (QED) is 0.738. The van der Waals surface area contributed by atoms with Crippen molar-refractivity contribution in [1.29, 1.82) is 0 Å². The van der Waals surface area contributed by atoms with Gasteiger partial charge >= 0.3 is 5.97 Å². The minimum absolute atomic E-state index is 0.0883. The van der Waals surface area contributed by atoms with Gasteiger partial charge in [0.2, 0.25) is 0 Å². The fourth-order valence-corrected chi connectivity index (χ4v) is 1.65. The Labute approximate surface area is 119 Å². The maximum absolute atomic E-state index is 13.5. The maximum Gasteiger partial charge on any atom is 0.354 e. The lowest BCUT2D eigenvalue weighted by atomic mass is 10.1. The number of nitrogens with one attached hydrogen (secondary N) is 1. The van der Waals surface area contributed by atoms with Crippen molar-refractivity contribution in [3.63, 3.8) is 0 Å². The van der Waals surface area contributed by atoms with Gasteiger partial charge in [0.25, 0.3) is 5.91 Å². The maximum atomic E-state index is 13.5. The van der Waals surface area contributed by atoms with Crippen LogP contribution in [0.15, 0.2) is 36.5 Å². The standard InChI is InChI=1S/C14H12FN3O3/c15-11-5-9(16)2-3-10(11)13(19)18-7-8-1-4-12(14(20)21)17-6-8/h1-6H,7,16H2,(H,18,19)(H,20,21). The number of nitrogens with zero attached hydrogens (tertiary/aromatic N) is 1. The van der Waals surface area contributed by atoms with E-state index in [1.165, 1.54) is 30.5 Å². The van der Waals surface area contributed by atoms with E-state index >= 15 is 0 Å². The van der Waals surface area contributed by atoms with Crippen molar-refractivity contribution in [2.75, 3.05) is 5.73 Å². The lowest BCUT2D eigenvalue weighted by Crippen LogP contribution is -2.24. The Bertz CT molecular complexity index is 686. The number of aromatic nitrogens is 1. The van der Waals surface area contributed by atoms with Crippen LogP contribution in [-0.4, -0.2) is 22.0 Å². The van der Waals surface area contributed by atoms with Crippen molar-refractivity contribution >= 4 is 17.6 Å². The number of carbonyl (C=O) groups excluding carboxylic acids is 1. The van der Waals surface area contributed by atoms with E-state index in [1.54, 1.807) is 0 Å². The lowest BCUT2D eigenvalue weighted by molar-refractivity contribution is 0.0690. The van der Waals surface area contributed by atoms with Crippen LogP contribution in [0.25, 0.3) is 0 Å². The third kappa shape index (κ3) is 3.53. The summed E-state index contributed by atoms with van der Waals surface area (Å²) in [6.45, 7) is 0.107. The number of pyridine rings is 1. The summed E-state index contributed by atoms with van der Waals surface area (Å²) in [5.74, 6) is -2.42. The minimum atomic E-state index is -1.13. The van der Waals surface area contributed by atoms with Gasteiger partial charge in [-0.3, -0.25) is 4.79 Å². The first-order chi connectivity index (χ1) is 9.97. The molecule has 0 aliphatic rings. The van der Waals surface area contributed by atoms with Gasteiger partial charge in [-0.25, -0.2) is 14.2 Å². The summed E-state index contributed by atoms with van der Waals surface area (Å²) in [7, 11) is 0. The Morgan fingerprint density at radius 1 is 1.29 bits per heavy atom. The van der Waals surface area contributed by atoms with Crippen molar-refractivity contribution in [1.82, 2.24) is 10.3 Å². The fourth-order valence-electron chi connectivity index (χ4n) is 1.65. The molecular weight excluding hydrogens is 277 g/mol. The van der Waals surface area contributed by atoms with E-state index < -0.39 is 17.7 Å². The summed E-state index contributed by atoms with van der Waals surface area (Å²) in [5, 5.41) is 11.2. The van der Waals surface area contributed by atoms with Crippen molar-refractivity contribution < 1.29 is 19.1 Å². The Balaban J connectivity index is 2.02. The first-order valence-electron chi connectivity index (χ1n) is 5.99. The van der Waals surface area contributed by atoms with E-state index in [1.807, 2.05) is 0 Å². The SMILES string of the molecule is Nc1ccc(C(=O)NCc2ccc(C(=O)O)nc2)c(F)c1. The number of hydrogen-bond acceptors (Lipinski definition) is 4. The van der Waals surface area contributed by atoms with Gasteiger partial charge in [-0.2, -0.15) is 0 Å². The van der Waals surface area contributed by atoms with Crippen LogP contribution < -0.4 is 11.1 Å². The fraction of sp³-hybridized carbons (Fsp3) is 0.0714. The number of carboxylic acids is 1. The smallest absolute Gasteiger partial charge is 0.354 e. The number of carboxylic acid groups (broad SMARTS) is 1. The summed E-state index contributed by atoms with van der Waals surface area (Å²) in [4.78, 5) is 26.2. The highest BCUT2D eigenvalue weighted by atomic mass is 19.1. The molecule has 21 heavy (non-hydrogen) atoms. The van der Waals surface area contributed by atoms with Gasteiger partial charge < -0.3 is 16.2 Å². The molecule has 0 unspecified atom stereocenters. The Hall–Kier alpha value is -2.96. The van der Waals surface area contributed by atoms with Crippen LogP contribution in [0.1, 0.15) is 26.4 Å². The van der Waals surface area contributed by atoms with Crippen LogP contribution in [0.3, 0.4) is 0 Å². The Morgan fingerprint density at radius 3 is 2.62 bits per heavy atom. The van der Waals surface area contributed by atoms with Gasteiger partial charge in [0, 0.05) is 18.4 Å². The molecule has 0 aliphatic carbocycles. The predicted octanol–water partition coefficient (Wildman–Crippen LogP) is 1.43. The summed E-state index contributed by atoms with van der Waals surface area (Å²) in [6.07, 6.45) is 1.34. The van der Waals surface area contributed by atoms with Crippen LogP contribution in [0.4, 0.5) is 10.1 Å². The highest BCUT2D eigenvalue weighted by Gasteiger charge is 2.11. The molecule has 0 saturated carbocycles. The first kappa shape index (κ1) is 14.4. The first-order valence-corrected chi connectivity index (χ1v) is 5.99. The average Bonchev–Trinajstić information content (AvgIpc) is 2.45. The number of benzene rings is 1. The predicted molar refractivity (Wildman–Crippen MR) is 73.2 cm³/mol. The molecule has 7 heteroatoms. The van der Waals surface area contributed by atoms with E-state index in [4.69, 9.17) is 10.8 Å². The number of anilines is 1. The minimum Gasteiger partial charge on any atom is -0.477 e. The summed E-state index contributed by atoms with van der Waals surface area (Å²) in [6, 6.07) is 6.65. The normalized spacial score (nSPS) is 10.1. The summed E-state index contributed by atoms with van der Waals surface area (Å²) >= 11 is 0. The molecular formula is C14H12FN3O3. The highest BCUT2D eigenvalue weighted by molar-refractivity contribution is 5.94. The molecule has 1 heterocycles. The molecule has 0 aliphatic heterocycles. The topological polar surface area (TPSA) is 105 Å². The summed E-state index contributed by atoms with van der Waals surface area (Å²) < 4.78 is 13.5. The van der Waals surface area contributed by atoms with Gasteiger partial charge in [-0.15, -0.1) is 0 Å². The molecule has 4 N–H and O–H groups in total. The van der Waals surface area contributed by atoms with Crippen molar-refractivity contribution in [3.8, 4) is 0 Å². The number of rotatable bonds is 4. The number of amides is 1. The molecule has 108 valence electrons. The zero-order valence-corrected chi connectivity index (χ0v) is 10.8. The van der Waals surface area contributed by atoms with Crippen LogP contribution in [0, 0.1) is 5.82 Å². The number of nitrogens with two attached hydrogens (primary N) is 1. The van der Waals surface area contributed by atoms with Crippen LogP contribution >= 0.6 is 0 Å². The van der Waals surface area contributed by atoms with E-state index in [0.29, 0.717) is 5.56 Å². The third-order valence-corrected chi connectivity index (χ3v) is 2.73. The molecule has 2 aromatic rings. The van der Waals surface area contributed by atoms with Crippen molar-refractivity contribution in [2.45, 2.75) is 6.54 Å². The third-order valence-electron chi connectivity index (χ3n) is 2.73. The second-order valence-electron chi connectivity index (χ2n) is 4.28. The monoisotopic (exact) mass is 289 g/mol. The van der Waals surface area contributed by atoms with Crippen LogP contribution in [0.5, 0.6) is 0 Å². The second-order valence-corrected chi connectivity index (χ2v) is 4.28. The molecule has 1 aromatic heterocycles. The van der Waals surface area contributed by atoms with Gasteiger partial charge in [0.05, 0.1) is 5.56 Å². The van der Waals surface area contributed by atoms with Gasteiger partial charge in [-0.1, -0.05) is 6.07 Å². The van der Waals surface area contributed by atoms with Crippen LogP contribution in [-0.2, 0) is 6.54 Å². The number of halogens is 1. The van der Waals surface area contributed by atoms with E-state index in [2.05, 4.69) is 10.3 Å². The molecule has 0 saturated heterocycles.